The second kappa shape index (κ2) is 5.56. The lowest BCUT2D eigenvalue weighted by molar-refractivity contribution is -0.313. The number of carbonyl (C=O) groups excluding carboxylic acids is 2. The zero-order chi connectivity index (χ0) is 13.8. The van der Waals surface area contributed by atoms with Gasteiger partial charge in [-0.3, -0.25) is 4.79 Å². The summed E-state index contributed by atoms with van der Waals surface area (Å²) >= 11 is 0. The number of aromatic hydroxyl groups is 1. The Balaban J connectivity index is 2.10. The van der Waals surface area contributed by atoms with E-state index in [0.29, 0.717) is 18.5 Å². The number of phenolic OH excluding ortho intramolecular Hbond substituents is 1. The molecule has 0 bridgehead atoms. The number of benzene rings is 1. The van der Waals surface area contributed by atoms with Gasteiger partial charge in [-0.15, -0.1) is 0 Å². The van der Waals surface area contributed by atoms with Crippen LogP contribution in [0.25, 0.3) is 0 Å². The first-order valence-electron chi connectivity index (χ1n) is 6.03. The van der Waals surface area contributed by atoms with Gasteiger partial charge < -0.3 is 20.3 Å². The predicted octanol–water partition coefficient (Wildman–Crippen LogP) is 0.663. The summed E-state index contributed by atoms with van der Waals surface area (Å²) in [5.41, 5.74) is 0.441. The van der Waals surface area contributed by atoms with E-state index in [2.05, 4.69) is 5.32 Å². The van der Waals surface area contributed by atoms with E-state index in [0.717, 1.165) is 0 Å². The van der Waals surface area contributed by atoms with E-state index in [4.69, 9.17) is 0 Å². The Morgan fingerprint density at radius 1 is 1.21 bits per heavy atom. The fourth-order valence-electron chi connectivity index (χ4n) is 2.18. The number of phenols is 1. The van der Waals surface area contributed by atoms with Gasteiger partial charge in [0.15, 0.2) is 0 Å². The summed E-state index contributed by atoms with van der Waals surface area (Å²) in [5, 5.41) is 22.9. The molecule has 1 aromatic carbocycles. The molecule has 0 radical (unpaired) electrons. The number of allylic oxidation sites excluding steroid dienone is 2. The van der Waals surface area contributed by atoms with Crippen LogP contribution in [0.3, 0.4) is 0 Å². The van der Waals surface area contributed by atoms with Gasteiger partial charge in [-0.2, -0.15) is 0 Å². The van der Waals surface area contributed by atoms with Crippen LogP contribution in [0.2, 0.25) is 0 Å². The number of nitrogens with one attached hydrogen (secondary N) is 1. The second-order valence-electron chi connectivity index (χ2n) is 4.51. The molecule has 0 aliphatic heterocycles. The van der Waals surface area contributed by atoms with Gasteiger partial charge in [0, 0.05) is 23.6 Å². The molecule has 0 spiro atoms. The summed E-state index contributed by atoms with van der Waals surface area (Å²) < 4.78 is 0. The fraction of sp³-hybridized carbons (Fsp3) is 0.286. The van der Waals surface area contributed by atoms with Crippen molar-refractivity contribution >= 4 is 17.6 Å². The fourth-order valence-corrected chi connectivity index (χ4v) is 2.18. The van der Waals surface area contributed by atoms with Crippen LogP contribution in [-0.2, 0) is 9.59 Å². The maximum atomic E-state index is 12.1. The number of hydrogen-bond donors (Lipinski definition) is 2. The number of amides is 1. The van der Waals surface area contributed by atoms with Crippen molar-refractivity contribution in [2.24, 2.45) is 11.8 Å². The predicted molar refractivity (Wildman–Crippen MR) is 67.1 cm³/mol. The monoisotopic (exact) mass is 260 g/mol. The second-order valence-corrected chi connectivity index (χ2v) is 4.51. The third-order valence-electron chi connectivity index (χ3n) is 3.19. The molecule has 100 valence electrons. The van der Waals surface area contributed by atoms with E-state index in [1.807, 2.05) is 0 Å². The summed E-state index contributed by atoms with van der Waals surface area (Å²) in [5.74, 6) is -2.98. The molecule has 1 aromatic rings. The smallest absolute Gasteiger partial charge is 0.228 e. The van der Waals surface area contributed by atoms with E-state index >= 15 is 0 Å². The van der Waals surface area contributed by atoms with Crippen molar-refractivity contribution in [3.63, 3.8) is 0 Å². The number of aliphatic carboxylic acids is 1. The van der Waals surface area contributed by atoms with E-state index in [-0.39, 0.29) is 11.7 Å². The molecule has 1 aliphatic rings. The zero-order valence-electron chi connectivity index (χ0n) is 10.2. The van der Waals surface area contributed by atoms with Gasteiger partial charge in [0.25, 0.3) is 0 Å². The quantitative estimate of drug-likeness (QED) is 0.781. The molecular formula is C14H14NO4-. The molecule has 1 aliphatic carbocycles. The Labute approximate surface area is 110 Å². The van der Waals surface area contributed by atoms with E-state index in [1.165, 1.54) is 12.1 Å². The van der Waals surface area contributed by atoms with E-state index in [1.54, 1.807) is 24.3 Å². The molecular weight excluding hydrogens is 246 g/mol. The lowest BCUT2D eigenvalue weighted by atomic mass is 9.82. The third-order valence-corrected chi connectivity index (χ3v) is 3.19. The van der Waals surface area contributed by atoms with Crippen molar-refractivity contribution in [1.29, 1.82) is 0 Å². The Morgan fingerprint density at radius 3 is 2.53 bits per heavy atom. The summed E-state index contributed by atoms with van der Waals surface area (Å²) in [6.07, 6.45) is 4.23. The summed E-state index contributed by atoms with van der Waals surface area (Å²) in [7, 11) is 0. The van der Waals surface area contributed by atoms with Crippen LogP contribution in [0.5, 0.6) is 5.75 Å². The number of carbonyl (C=O) groups is 2. The first kappa shape index (κ1) is 13.1. The van der Waals surface area contributed by atoms with Crippen molar-refractivity contribution in [3.8, 4) is 5.75 Å². The van der Waals surface area contributed by atoms with Crippen molar-refractivity contribution in [3.05, 3.63) is 36.4 Å². The molecule has 1 amide bonds. The minimum atomic E-state index is -1.21. The van der Waals surface area contributed by atoms with Gasteiger partial charge in [0.05, 0.1) is 5.92 Å². The van der Waals surface area contributed by atoms with E-state index < -0.39 is 17.8 Å². The van der Waals surface area contributed by atoms with Crippen LogP contribution in [0.4, 0.5) is 5.69 Å². The maximum absolute atomic E-state index is 12.1. The Hall–Kier alpha value is -2.30. The molecule has 2 rings (SSSR count). The van der Waals surface area contributed by atoms with Gasteiger partial charge >= 0.3 is 0 Å². The van der Waals surface area contributed by atoms with Gasteiger partial charge in [-0.1, -0.05) is 18.2 Å². The average molecular weight is 260 g/mol. The molecule has 0 saturated carbocycles. The van der Waals surface area contributed by atoms with Crippen LogP contribution in [0, 0.1) is 11.8 Å². The van der Waals surface area contributed by atoms with Crippen molar-refractivity contribution in [2.45, 2.75) is 12.8 Å². The van der Waals surface area contributed by atoms with Crippen LogP contribution < -0.4 is 10.4 Å². The van der Waals surface area contributed by atoms with Gasteiger partial charge in [-0.25, -0.2) is 0 Å². The maximum Gasteiger partial charge on any atom is 0.228 e. The third kappa shape index (κ3) is 3.13. The molecule has 0 saturated heterocycles. The zero-order valence-corrected chi connectivity index (χ0v) is 10.2. The highest BCUT2D eigenvalue weighted by molar-refractivity contribution is 5.95. The SMILES string of the molecule is O=C([O-])C1CC=CCC1C(=O)Nc1cccc(O)c1. The summed E-state index contributed by atoms with van der Waals surface area (Å²) in [4.78, 5) is 23.1. The number of rotatable bonds is 3. The molecule has 19 heavy (non-hydrogen) atoms. The van der Waals surface area contributed by atoms with Gasteiger partial charge in [-0.05, 0) is 25.0 Å². The van der Waals surface area contributed by atoms with Crippen molar-refractivity contribution in [2.75, 3.05) is 5.32 Å². The largest absolute Gasteiger partial charge is 0.550 e. The minimum Gasteiger partial charge on any atom is -0.550 e. The highest BCUT2D eigenvalue weighted by Crippen LogP contribution is 2.27. The van der Waals surface area contributed by atoms with Crippen LogP contribution in [0.1, 0.15) is 12.8 Å². The minimum absolute atomic E-state index is 0.0396. The molecule has 2 N–H and O–H groups in total. The topological polar surface area (TPSA) is 89.5 Å². The number of carboxylic acid groups (broad SMARTS) is 1. The lowest BCUT2D eigenvalue weighted by Gasteiger charge is -2.28. The Morgan fingerprint density at radius 2 is 1.89 bits per heavy atom. The lowest BCUT2D eigenvalue weighted by Crippen LogP contribution is -2.41. The highest BCUT2D eigenvalue weighted by Gasteiger charge is 2.29. The number of carboxylic acids is 1. The van der Waals surface area contributed by atoms with Gasteiger partial charge in [0.2, 0.25) is 5.91 Å². The van der Waals surface area contributed by atoms with Crippen LogP contribution in [0.15, 0.2) is 36.4 Å². The Kier molecular flexibility index (Phi) is 3.85. The van der Waals surface area contributed by atoms with Crippen LogP contribution in [-0.4, -0.2) is 17.0 Å². The average Bonchev–Trinajstić information content (AvgIpc) is 2.38. The number of anilines is 1. The van der Waals surface area contributed by atoms with Crippen molar-refractivity contribution in [1.82, 2.24) is 0 Å². The molecule has 2 atom stereocenters. The van der Waals surface area contributed by atoms with Crippen LogP contribution >= 0.6 is 0 Å². The number of hydrogen-bond acceptors (Lipinski definition) is 4. The van der Waals surface area contributed by atoms with E-state index in [9.17, 15) is 19.8 Å². The van der Waals surface area contributed by atoms with Crippen molar-refractivity contribution < 1.29 is 19.8 Å². The first-order valence-corrected chi connectivity index (χ1v) is 6.03. The molecule has 0 fully saturated rings. The molecule has 5 heteroatoms. The molecule has 5 nitrogen and oxygen atoms in total. The standard InChI is InChI=1S/C14H15NO4/c16-10-5-3-4-9(8-10)15-13(17)11-6-1-2-7-12(11)14(18)19/h1-5,8,11-12,16H,6-7H2,(H,15,17)(H,18,19)/p-1. The highest BCUT2D eigenvalue weighted by atomic mass is 16.4. The molecule has 0 aromatic heterocycles. The molecule has 2 unspecified atom stereocenters. The Bertz CT molecular complexity index is 524. The normalized spacial score (nSPS) is 21.9. The van der Waals surface area contributed by atoms with Gasteiger partial charge in [0.1, 0.15) is 5.75 Å². The summed E-state index contributed by atoms with van der Waals surface area (Å²) in [6.45, 7) is 0. The first-order chi connectivity index (χ1) is 9.08. The summed E-state index contributed by atoms with van der Waals surface area (Å²) in [6, 6.07) is 6.12. The molecule has 0 heterocycles.